The number of amides is 1. The molecule has 1 N–H and O–H groups in total. The first kappa shape index (κ1) is 11.3. The molecule has 1 rings (SSSR count). The van der Waals surface area contributed by atoms with Crippen LogP contribution >= 0.6 is 0 Å². The summed E-state index contributed by atoms with van der Waals surface area (Å²) < 4.78 is 4.87. The third-order valence-corrected chi connectivity index (χ3v) is 3.33. The van der Waals surface area contributed by atoms with Crippen LogP contribution in [0.5, 0.6) is 0 Å². The molecule has 1 aliphatic carbocycles. The number of carbonyl (C=O) groups excluding carboxylic acids is 1. The summed E-state index contributed by atoms with van der Waals surface area (Å²) in [6.07, 6.45) is 3.27. The van der Waals surface area contributed by atoms with E-state index < -0.39 is 0 Å². The van der Waals surface area contributed by atoms with Crippen LogP contribution in [0.4, 0.5) is 4.79 Å². The van der Waals surface area contributed by atoms with Gasteiger partial charge in [-0.1, -0.05) is 20.3 Å². The number of alkyl carbamates (subject to hydrolysis) is 1. The predicted molar refractivity (Wildman–Crippen MR) is 56.1 cm³/mol. The Kier molecular flexibility index (Phi) is 4.23. The van der Waals surface area contributed by atoms with E-state index in [4.69, 9.17) is 4.74 Å². The Morgan fingerprint density at radius 2 is 2.14 bits per heavy atom. The van der Waals surface area contributed by atoms with Crippen molar-refractivity contribution in [2.45, 2.75) is 46.1 Å². The molecule has 3 nitrogen and oxygen atoms in total. The van der Waals surface area contributed by atoms with Crippen molar-refractivity contribution in [2.75, 3.05) is 6.61 Å². The first-order valence-electron chi connectivity index (χ1n) is 5.62. The fourth-order valence-electron chi connectivity index (χ4n) is 2.35. The molecule has 3 unspecified atom stereocenters. The van der Waals surface area contributed by atoms with Gasteiger partial charge < -0.3 is 10.1 Å². The zero-order valence-electron chi connectivity index (χ0n) is 9.38. The van der Waals surface area contributed by atoms with E-state index in [2.05, 4.69) is 19.2 Å². The number of carbonyl (C=O) groups is 1. The maximum absolute atomic E-state index is 11.2. The lowest BCUT2D eigenvalue weighted by molar-refractivity contribution is 0.145. The maximum atomic E-state index is 11.2. The van der Waals surface area contributed by atoms with Crippen LogP contribution in [0.15, 0.2) is 0 Å². The Morgan fingerprint density at radius 3 is 2.64 bits per heavy atom. The lowest BCUT2D eigenvalue weighted by atomic mass is 9.94. The Morgan fingerprint density at radius 1 is 1.43 bits per heavy atom. The third kappa shape index (κ3) is 2.63. The molecule has 0 heterocycles. The van der Waals surface area contributed by atoms with Crippen molar-refractivity contribution < 1.29 is 9.53 Å². The molecular formula is C11H21NO2. The second-order valence-electron chi connectivity index (χ2n) is 4.08. The number of rotatable bonds is 3. The van der Waals surface area contributed by atoms with E-state index in [-0.39, 0.29) is 6.09 Å². The van der Waals surface area contributed by atoms with Crippen LogP contribution < -0.4 is 5.32 Å². The summed E-state index contributed by atoms with van der Waals surface area (Å²) in [5.41, 5.74) is 0. The fraction of sp³-hybridized carbons (Fsp3) is 0.909. The van der Waals surface area contributed by atoms with E-state index in [9.17, 15) is 4.79 Å². The summed E-state index contributed by atoms with van der Waals surface area (Å²) in [6.45, 7) is 6.71. The number of hydrogen-bond donors (Lipinski definition) is 1. The van der Waals surface area contributed by atoms with Crippen LogP contribution in [0, 0.1) is 11.8 Å². The van der Waals surface area contributed by atoms with Gasteiger partial charge in [0.15, 0.2) is 0 Å². The van der Waals surface area contributed by atoms with Gasteiger partial charge in [0, 0.05) is 6.04 Å². The van der Waals surface area contributed by atoms with E-state index in [1.807, 2.05) is 6.92 Å². The number of nitrogens with one attached hydrogen (secondary N) is 1. The number of ether oxygens (including phenoxy) is 1. The third-order valence-electron chi connectivity index (χ3n) is 3.33. The molecule has 14 heavy (non-hydrogen) atoms. The Hall–Kier alpha value is -0.730. The lowest BCUT2D eigenvalue weighted by Gasteiger charge is -2.20. The lowest BCUT2D eigenvalue weighted by Crippen LogP contribution is -2.37. The van der Waals surface area contributed by atoms with E-state index >= 15 is 0 Å². The van der Waals surface area contributed by atoms with Crippen LogP contribution in [0.3, 0.4) is 0 Å². The highest BCUT2D eigenvalue weighted by atomic mass is 16.5. The zero-order chi connectivity index (χ0) is 10.6. The van der Waals surface area contributed by atoms with Crippen molar-refractivity contribution in [3.05, 3.63) is 0 Å². The Labute approximate surface area is 86.2 Å². The number of hydrogen-bond acceptors (Lipinski definition) is 2. The molecular weight excluding hydrogens is 178 g/mol. The molecule has 0 aromatic carbocycles. The monoisotopic (exact) mass is 199 g/mol. The topological polar surface area (TPSA) is 38.3 Å². The van der Waals surface area contributed by atoms with Crippen molar-refractivity contribution in [3.63, 3.8) is 0 Å². The minimum absolute atomic E-state index is 0.263. The van der Waals surface area contributed by atoms with Gasteiger partial charge >= 0.3 is 6.09 Å². The van der Waals surface area contributed by atoms with Gasteiger partial charge in [-0.3, -0.25) is 0 Å². The minimum atomic E-state index is -0.263. The molecule has 82 valence electrons. The van der Waals surface area contributed by atoms with E-state index in [0.29, 0.717) is 18.6 Å². The molecule has 3 atom stereocenters. The normalized spacial score (nSPS) is 31.5. The van der Waals surface area contributed by atoms with Gasteiger partial charge in [-0.2, -0.15) is 0 Å². The predicted octanol–water partition coefficient (Wildman–Crippen LogP) is 2.56. The van der Waals surface area contributed by atoms with Crippen molar-refractivity contribution >= 4 is 6.09 Å². The molecule has 0 bridgehead atoms. The standard InChI is InChI=1S/C11H21NO2/c1-4-9-6-7-10(8(9)3)12-11(13)14-5-2/h8-10H,4-7H2,1-3H3,(H,12,13). The summed E-state index contributed by atoms with van der Waals surface area (Å²) >= 11 is 0. The van der Waals surface area contributed by atoms with Crippen LogP contribution in [0.2, 0.25) is 0 Å². The molecule has 0 spiro atoms. The maximum Gasteiger partial charge on any atom is 0.407 e. The van der Waals surface area contributed by atoms with Crippen LogP contribution in [0.25, 0.3) is 0 Å². The van der Waals surface area contributed by atoms with Crippen LogP contribution in [0.1, 0.15) is 40.0 Å². The van der Waals surface area contributed by atoms with Gasteiger partial charge in [0.2, 0.25) is 0 Å². The minimum Gasteiger partial charge on any atom is -0.450 e. The van der Waals surface area contributed by atoms with Gasteiger partial charge in [-0.25, -0.2) is 4.79 Å². The summed E-state index contributed by atoms with van der Waals surface area (Å²) in [5.74, 6) is 1.35. The Bertz CT molecular complexity index is 194. The average molecular weight is 199 g/mol. The van der Waals surface area contributed by atoms with Crippen molar-refractivity contribution in [1.82, 2.24) is 5.32 Å². The quantitative estimate of drug-likeness (QED) is 0.758. The molecule has 1 fully saturated rings. The molecule has 0 radical (unpaired) electrons. The molecule has 0 aliphatic heterocycles. The molecule has 0 aromatic heterocycles. The molecule has 1 saturated carbocycles. The molecule has 0 aromatic rings. The Balaban J connectivity index is 2.36. The van der Waals surface area contributed by atoms with E-state index in [0.717, 1.165) is 12.3 Å². The highest BCUT2D eigenvalue weighted by Gasteiger charge is 2.32. The fourth-order valence-corrected chi connectivity index (χ4v) is 2.35. The SMILES string of the molecule is CCOC(=O)NC1CCC(CC)C1C. The van der Waals surface area contributed by atoms with E-state index in [1.165, 1.54) is 12.8 Å². The second kappa shape index (κ2) is 5.23. The molecule has 1 aliphatic rings. The van der Waals surface area contributed by atoms with Gasteiger partial charge in [-0.05, 0) is 31.6 Å². The van der Waals surface area contributed by atoms with Gasteiger partial charge in [-0.15, -0.1) is 0 Å². The van der Waals surface area contributed by atoms with Gasteiger partial charge in [0.25, 0.3) is 0 Å². The highest BCUT2D eigenvalue weighted by molar-refractivity contribution is 5.67. The first-order chi connectivity index (χ1) is 6.69. The molecule has 0 saturated heterocycles. The summed E-state index contributed by atoms with van der Waals surface area (Å²) in [5, 5.41) is 2.93. The smallest absolute Gasteiger partial charge is 0.407 e. The summed E-state index contributed by atoms with van der Waals surface area (Å²) in [6, 6.07) is 0.319. The highest BCUT2D eigenvalue weighted by Crippen LogP contribution is 2.33. The van der Waals surface area contributed by atoms with Crippen LogP contribution in [-0.4, -0.2) is 18.7 Å². The largest absolute Gasteiger partial charge is 0.450 e. The molecule has 1 amide bonds. The van der Waals surface area contributed by atoms with Crippen LogP contribution in [-0.2, 0) is 4.74 Å². The van der Waals surface area contributed by atoms with Crippen molar-refractivity contribution in [3.8, 4) is 0 Å². The van der Waals surface area contributed by atoms with Gasteiger partial charge in [0.05, 0.1) is 6.61 Å². The summed E-state index contributed by atoms with van der Waals surface area (Å²) in [7, 11) is 0. The summed E-state index contributed by atoms with van der Waals surface area (Å²) in [4.78, 5) is 11.2. The van der Waals surface area contributed by atoms with Crippen molar-refractivity contribution in [1.29, 1.82) is 0 Å². The molecule has 3 heteroatoms. The van der Waals surface area contributed by atoms with E-state index in [1.54, 1.807) is 0 Å². The first-order valence-corrected chi connectivity index (χ1v) is 5.62. The average Bonchev–Trinajstić information content (AvgIpc) is 2.48. The second-order valence-corrected chi connectivity index (χ2v) is 4.08. The van der Waals surface area contributed by atoms with Crippen molar-refractivity contribution in [2.24, 2.45) is 11.8 Å². The van der Waals surface area contributed by atoms with Gasteiger partial charge in [0.1, 0.15) is 0 Å². The zero-order valence-corrected chi connectivity index (χ0v) is 9.38.